The highest BCUT2D eigenvalue weighted by Gasteiger charge is 2.38. The molecule has 2 aromatic carbocycles. The van der Waals surface area contributed by atoms with Crippen molar-refractivity contribution in [1.29, 1.82) is 0 Å². The molecule has 0 amide bonds. The van der Waals surface area contributed by atoms with Crippen LogP contribution in [0.4, 0.5) is 11.4 Å². The van der Waals surface area contributed by atoms with Crippen LogP contribution in [0.2, 0.25) is 5.02 Å². The van der Waals surface area contributed by atoms with Crippen molar-refractivity contribution in [2.24, 2.45) is 5.92 Å². The summed E-state index contributed by atoms with van der Waals surface area (Å²) in [5.41, 5.74) is 3.33. The fraction of sp³-hybridized carbons (Fsp3) is 0.222. The minimum atomic E-state index is -0.334. The van der Waals surface area contributed by atoms with Gasteiger partial charge in [-0.25, -0.2) is 0 Å². The fourth-order valence-electron chi connectivity index (χ4n) is 3.70. The lowest BCUT2D eigenvalue weighted by Gasteiger charge is -2.37. The lowest BCUT2D eigenvalue weighted by Crippen LogP contribution is -2.29. The van der Waals surface area contributed by atoms with Crippen LogP contribution >= 0.6 is 11.6 Å². The molecule has 0 spiro atoms. The maximum Gasteiger partial charge on any atom is 0.269 e. The molecule has 0 unspecified atom stereocenters. The van der Waals surface area contributed by atoms with E-state index in [-0.39, 0.29) is 22.6 Å². The van der Waals surface area contributed by atoms with Gasteiger partial charge < -0.3 is 5.32 Å². The maximum absolute atomic E-state index is 11.1. The van der Waals surface area contributed by atoms with E-state index in [1.54, 1.807) is 12.1 Å². The van der Waals surface area contributed by atoms with E-state index in [0.717, 1.165) is 22.7 Å². The normalized spacial score (nSPS) is 24.7. The number of rotatable bonds is 2. The van der Waals surface area contributed by atoms with Crippen LogP contribution in [0.15, 0.2) is 54.6 Å². The van der Waals surface area contributed by atoms with Gasteiger partial charge in [0.25, 0.3) is 5.69 Å². The highest BCUT2D eigenvalue weighted by Crippen LogP contribution is 2.50. The molecule has 0 bridgehead atoms. The molecule has 2 aliphatic rings. The minimum absolute atomic E-state index is 0.148. The van der Waals surface area contributed by atoms with Crippen molar-refractivity contribution >= 4 is 23.0 Å². The van der Waals surface area contributed by atoms with Gasteiger partial charge in [-0.2, -0.15) is 0 Å². The van der Waals surface area contributed by atoms with E-state index in [0.29, 0.717) is 5.92 Å². The summed E-state index contributed by atoms with van der Waals surface area (Å²) in [6.45, 7) is 0. The Morgan fingerprint density at radius 1 is 1.17 bits per heavy atom. The molecule has 1 heterocycles. The molecule has 1 N–H and O–H groups in total. The lowest BCUT2D eigenvalue weighted by atomic mass is 9.77. The standard InChI is InChI=1S/C18H15ClN2O2/c19-12-6-4-11(5-7-12)18-15-3-1-2-14(15)16-10-13(21(22)23)8-9-17(16)20-18/h1-2,4-10,14-15,18,20H,3H2/t14-,15-,18+/m0/s1. The molecule has 0 fully saturated rings. The molecule has 4 rings (SSSR count). The van der Waals surface area contributed by atoms with E-state index in [2.05, 4.69) is 17.5 Å². The summed E-state index contributed by atoms with van der Waals surface area (Å²) in [4.78, 5) is 10.7. The highest BCUT2D eigenvalue weighted by molar-refractivity contribution is 6.30. The van der Waals surface area contributed by atoms with Crippen LogP contribution in [-0.2, 0) is 0 Å². The predicted octanol–water partition coefficient (Wildman–Crippen LogP) is 5.07. The fourth-order valence-corrected chi connectivity index (χ4v) is 3.82. The molecule has 23 heavy (non-hydrogen) atoms. The summed E-state index contributed by atoms with van der Waals surface area (Å²) in [6, 6.07) is 13.2. The van der Waals surface area contributed by atoms with Crippen LogP contribution in [-0.4, -0.2) is 4.92 Å². The third-order valence-electron chi connectivity index (χ3n) is 4.79. The number of allylic oxidation sites excluding steroid dienone is 2. The average Bonchev–Trinajstić information content (AvgIpc) is 3.04. The van der Waals surface area contributed by atoms with E-state index in [1.165, 1.54) is 5.56 Å². The van der Waals surface area contributed by atoms with Crippen LogP contribution in [0.25, 0.3) is 0 Å². The first-order chi connectivity index (χ1) is 11.1. The number of nitrogens with one attached hydrogen (secondary N) is 1. The van der Waals surface area contributed by atoms with Gasteiger partial charge >= 0.3 is 0 Å². The smallest absolute Gasteiger partial charge is 0.269 e. The quantitative estimate of drug-likeness (QED) is 0.476. The van der Waals surface area contributed by atoms with Crippen LogP contribution in [0, 0.1) is 16.0 Å². The Morgan fingerprint density at radius 3 is 2.70 bits per heavy atom. The van der Waals surface area contributed by atoms with E-state index >= 15 is 0 Å². The molecule has 4 nitrogen and oxygen atoms in total. The Bertz CT molecular complexity index is 801. The number of non-ortho nitro benzene ring substituents is 1. The van der Waals surface area contributed by atoms with Crippen molar-refractivity contribution in [1.82, 2.24) is 0 Å². The Labute approximate surface area is 138 Å². The highest BCUT2D eigenvalue weighted by atomic mass is 35.5. The number of fused-ring (bicyclic) bond motifs is 3. The van der Waals surface area contributed by atoms with Gasteiger partial charge in [0.1, 0.15) is 0 Å². The monoisotopic (exact) mass is 326 g/mol. The number of halogens is 1. The van der Waals surface area contributed by atoms with Gasteiger partial charge in [-0.15, -0.1) is 0 Å². The molecule has 0 saturated carbocycles. The molecule has 0 saturated heterocycles. The second-order valence-electron chi connectivity index (χ2n) is 6.06. The molecule has 3 atom stereocenters. The largest absolute Gasteiger partial charge is 0.378 e. The van der Waals surface area contributed by atoms with Crippen LogP contribution in [0.5, 0.6) is 0 Å². The first-order valence-corrected chi connectivity index (χ1v) is 7.98. The van der Waals surface area contributed by atoms with E-state index < -0.39 is 0 Å². The van der Waals surface area contributed by atoms with Gasteiger partial charge in [-0.05, 0) is 41.7 Å². The van der Waals surface area contributed by atoms with Gasteiger partial charge in [0.05, 0.1) is 11.0 Å². The Morgan fingerprint density at radius 2 is 1.96 bits per heavy atom. The molecule has 116 valence electrons. The van der Waals surface area contributed by atoms with Crippen molar-refractivity contribution in [2.75, 3.05) is 5.32 Å². The van der Waals surface area contributed by atoms with Crippen LogP contribution in [0.3, 0.4) is 0 Å². The minimum Gasteiger partial charge on any atom is -0.378 e. The third kappa shape index (κ3) is 2.39. The SMILES string of the molecule is O=[N+]([O-])c1ccc2c(c1)[C@H]1C=CC[C@@H]1[C@@H](c1ccc(Cl)cc1)N2. The Kier molecular flexibility index (Phi) is 3.34. The topological polar surface area (TPSA) is 55.2 Å². The third-order valence-corrected chi connectivity index (χ3v) is 5.04. The van der Waals surface area contributed by atoms with E-state index in [9.17, 15) is 10.1 Å². The van der Waals surface area contributed by atoms with Gasteiger partial charge in [0.2, 0.25) is 0 Å². The average molecular weight is 327 g/mol. The zero-order valence-electron chi connectivity index (χ0n) is 12.3. The van der Waals surface area contributed by atoms with Crippen molar-refractivity contribution in [2.45, 2.75) is 18.4 Å². The summed E-state index contributed by atoms with van der Waals surface area (Å²) in [6.07, 6.45) is 5.32. The van der Waals surface area contributed by atoms with E-state index in [1.807, 2.05) is 30.3 Å². The summed E-state index contributed by atoms with van der Waals surface area (Å²) in [5, 5.41) is 15.3. The predicted molar refractivity (Wildman–Crippen MR) is 90.9 cm³/mol. The molecular weight excluding hydrogens is 312 g/mol. The van der Waals surface area contributed by atoms with Gasteiger partial charge in [-0.3, -0.25) is 10.1 Å². The van der Waals surface area contributed by atoms with Gasteiger partial charge in [0, 0.05) is 28.8 Å². The Balaban J connectivity index is 1.77. The number of nitro groups is 1. The molecule has 5 heteroatoms. The first kappa shape index (κ1) is 14.3. The van der Waals surface area contributed by atoms with Crippen LogP contribution < -0.4 is 5.32 Å². The number of nitro benzene ring substituents is 1. The summed E-state index contributed by atoms with van der Waals surface area (Å²) >= 11 is 5.99. The summed E-state index contributed by atoms with van der Waals surface area (Å²) < 4.78 is 0. The van der Waals surface area contributed by atoms with Crippen molar-refractivity contribution in [3.8, 4) is 0 Å². The molecule has 1 aliphatic carbocycles. The second-order valence-corrected chi connectivity index (χ2v) is 6.49. The van der Waals surface area contributed by atoms with Crippen molar-refractivity contribution < 1.29 is 4.92 Å². The van der Waals surface area contributed by atoms with Crippen LogP contribution in [0.1, 0.15) is 29.5 Å². The summed E-state index contributed by atoms with van der Waals surface area (Å²) in [5.74, 6) is 0.581. The number of nitrogens with zero attached hydrogens (tertiary/aromatic N) is 1. The molecular formula is C18H15ClN2O2. The van der Waals surface area contributed by atoms with Gasteiger partial charge in [0.15, 0.2) is 0 Å². The summed E-state index contributed by atoms with van der Waals surface area (Å²) in [7, 11) is 0. The zero-order chi connectivity index (χ0) is 16.0. The molecule has 0 aromatic heterocycles. The van der Waals surface area contributed by atoms with Gasteiger partial charge in [-0.1, -0.05) is 35.9 Å². The molecule has 1 aliphatic heterocycles. The number of anilines is 1. The number of hydrogen-bond donors (Lipinski definition) is 1. The first-order valence-electron chi connectivity index (χ1n) is 7.60. The second kappa shape index (κ2) is 5.39. The Hall–Kier alpha value is -2.33. The molecule has 2 aromatic rings. The number of benzene rings is 2. The number of hydrogen-bond acceptors (Lipinski definition) is 3. The van der Waals surface area contributed by atoms with Crippen molar-refractivity contribution in [3.63, 3.8) is 0 Å². The zero-order valence-corrected chi connectivity index (χ0v) is 13.0. The molecule has 0 radical (unpaired) electrons. The van der Waals surface area contributed by atoms with Crippen molar-refractivity contribution in [3.05, 3.63) is 80.9 Å². The van der Waals surface area contributed by atoms with E-state index in [4.69, 9.17) is 11.6 Å². The lowest BCUT2D eigenvalue weighted by molar-refractivity contribution is -0.384. The maximum atomic E-state index is 11.1.